The van der Waals surface area contributed by atoms with Crippen molar-refractivity contribution in [2.75, 3.05) is 0 Å². The van der Waals surface area contributed by atoms with E-state index >= 15 is 0 Å². The Hall–Kier alpha value is -1.53. The third kappa shape index (κ3) is 3.02. The van der Waals surface area contributed by atoms with Crippen molar-refractivity contribution in [3.05, 3.63) is 35.1 Å². The van der Waals surface area contributed by atoms with Crippen molar-refractivity contribution in [2.45, 2.75) is 25.4 Å². The first-order valence-electron chi connectivity index (χ1n) is 5.79. The zero-order chi connectivity index (χ0) is 12.4. The molecule has 4 nitrogen and oxygen atoms in total. The quantitative estimate of drug-likeness (QED) is 0.903. The van der Waals surface area contributed by atoms with Gasteiger partial charge < -0.3 is 10.1 Å². The summed E-state index contributed by atoms with van der Waals surface area (Å²) in [6, 6.07) is 6.49. The van der Waals surface area contributed by atoms with E-state index in [1.807, 2.05) is 0 Å². The molecule has 0 bridgehead atoms. The maximum atomic E-state index is 12.7. The lowest BCUT2D eigenvalue weighted by molar-refractivity contribution is 0.471. The molecule has 0 atom stereocenters. The van der Waals surface area contributed by atoms with Crippen molar-refractivity contribution in [1.29, 1.82) is 0 Å². The summed E-state index contributed by atoms with van der Waals surface area (Å²) in [6.07, 6.45) is 2.50. The summed E-state index contributed by atoms with van der Waals surface area (Å²) in [4.78, 5) is 0. The lowest BCUT2D eigenvalue weighted by atomic mass is 10.3. The molecule has 0 amide bonds. The van der Waals surface area contributed by atoms with Gasteiger partial charge in [-0.25, -0.2) is 4.39 Å². The molecule has 1 aromatic carbocycles. The highest BCUT2D eigenvalue weighted by Crippen LogP contribution is 2.26. The van der Waals surface area contributed by atoms with Crippen LogP contribution in [0.25, 0.3) is 0 Å². The average molecular weight is 265 g/mol. The Balaban J connectivity index is 1.60. The smallest absolute Gasteiger partial charge is 0.299 e. The van der Waals surface area contributed by atoms with E-state index in [9.17, 15) is 4.39 Å². The third-order valence-electron chi connectivity index (χ3n) is 2.59. The van der Waals surface area contributed by atoms with Crippen molar-refractivity contribution in [3.63, 3.8) is 0 Å². The van der Waals surface area contributed by atoms with E-state index in [1.54, 1.807) is 12.1 Å². The summed E-state index contributed by atoms with van der Waals surface area (Å²) >= 11 is 1.40. The summed E-state index contributed by atoms with van der Waals surface area (Å²) < 4.78 is 18.2. The van der Waals surface area contributed by atoms with Gasteiger partial charge in [0.05, 0.1) is 6.54 Å². The number of hydrogen-bond acceptors (Lipinski definition) is 5. The summed E-state index contributed by atoms with van der Waals surface area (Å²) in [5.74, 6) is 0.281. The Bertz CT molecular complexity index is 524. The van der Waals surface area contributed by atoms with Gasteiger partial charge in [0, 0.05) is 6.04 Å². The standard InChI is InChI=1S/C12H12FN3OS/c13-8-1-5-10(6-2-8)17-12-16-15-11(18-12)7-14-9-3-4-9/h1-2,5-6,9,14H,3-4,7H2. The SMILES string of the molecule is Fc1ccc(Oc2nnc(CNC3CC3)s2)cc1. The second-order valence-electron chi connectivity index (χ2n) is 4.17. The average Bonchev–Trinajstić information content (AvgIpc) is 3.10. The van der Waals surface area contributed by atoms with Gasteiger partial charge in [-0.3, -0.25) is 0 Å². The number of aromatic nitrogens is 2. The van der Waals surface area contributed by atoms with E-state index in [-0.39, 0.29) is 5.82 Å². The van der Waals surface area contributed by atoms with Crippen LogP contribution in [-0.2, 0) is 6.54 Å². The van der Waals surface area contributed by atoms with Crippen LogP contribution in [0.5, 0.6) is 10.9 Å². The van der Waals surface area contributed by atoms with Gasteiger partial charge in [-0.1, -0.05) is 16.4 Å². The number of ether oxygens (including phenoxy) is 1. The van der Waals surface area contributed by atoms with Crippen molar-refractivity contribution in [3.8, 4) is 10.9 Å². The molecule has 1 fully saturated rings. The highest BCUT2D eigenvalue weighted by Gasteiger charge is 2.20. The second kappa shape index (κ2) is 4.99. The van der Waals surface area contributed by atoms with E-state index in [2.05, 4.69) is 15.5 Å². The summed E-state index contributed by atoms with van der Waals surface area (Å²) in [5.41, 5.74) is 0. The highest BCUT2D eigenvalue weighted by molar-refractivity contribution is 7.13. The Labute approximate surface area is 108 Å². The predicted molar refractivity (Wildman–Crippen MR) is 66.2 cm³/mol. The minimum Gasteiger partial charge on any atom is -0.430 e. The van der Waals surface area contributed by atoms with E-state index in [0.717, 1.165) is 11.6 Å². The van der Waals surface area contributed by atoms with Gasteiger partial charge in [0.2, 0.25) is 0 Å². The fraction of sp³-hybridized carbons (Fsp3) is 0.333. The summed E-state index contributed by atoms with van der Waals surface area (Å²) in [5, 5.41) is 12.7. The molecule has 2 aromatic rings. The summed E-state index contributed by atoms with van der Waals surface area (Å²) in [6.45, 7) is 0.731. The van der Waals surface area contributed by atoms with Crippen LogP contribution < -0.4 is 10.1 Å². The van der Waals surface area contributed by atoms with Crippen LogP contribution in [0.4, 0.5) is 4.39 Å². The lowest BCUT2D eigenvalue weighted by Gasteiger charge is -1.99. The largest absolute Gasteiger partial charge is 0.430 e. The molecular formula is C12H12FN3OS. The number of benzene rings is 1. The minimum absolute atomic E-state index is 0.283. The highest BCUT2D eigenvalue weighted by atomic mass is 32.1. The van der Waals surface area contributed by atoms with Gasteiger partial charge in [0.1, 0.15) is 16.6 Å². The topological polar surface area (TPSA) is 47.0 Å². The molecule has 0 radical (unpaired) electrons. The van der Waals surface area contributed by atoms with E-state index in [0.29, 0.717) is 17.0 Å². The van der Waals surface area contributed by atoms with Crippen LogP contribution in [0, 0.1) is 5.82 Å². The molecule has 1 aliphatic rings. The van der Waals surface area contributed by atoms with Crippen LogP contribution in [-0.4, -0.2) is 16.2 Å². The monoisotopic (exact) mass is 265 g/mol. The molecule has 0 unspecified atom stereocenters. The lowest BCUT2D eigenvalue weighted by Crippen LogP contribution is -2.14. The molecule has 1 N–H and O–H groups in total. The molecule has 1 saturated carbocycles. The van der Waals surface area contributed by atoms with E-state index in [4.69, 9.17) is 4.74 Å². The fourth-order valence-electron chi connectivity index (χ4n) is 1.47. The predicted octanol–water partition coefficient (Wildman–Crippen LogP) is 2.72. The Kier molecular flexibility index (Phi) is 3.21. The van der Waals surface area contributed by atoms with Crippen LogP contribution in [0.1, 0.15) is 17.8 Å². The Morgan fingerprint density at radius 3 is 2.78 bits per heavy atom. The van der Waals surface area contributed by atoms with Crippen LogP contribution >= 0.6 is 11.3 Å². The van der Waals surface area contributed by atoms with Gasteiger partial charge in [-0.2, -0.15) is 0 Å². The van der Waals surface area contributed by atoms with E-state index < -0.39 is 0 Å². The number of rotatable bonds is 5. The molecule has 1 aromatic heterocycles. The molecule has 0 saturated heterocycles. The molecule has 1 aliphatic carbocycles. The zero-order valence-corrected chi connectivity index (χ0v) is 10.4. The molecule has 6 heteroatoms. The summed E-state index contributed by atoms with van der Waals surface area (Å²) in [7, 11) is 0. The molecule has 0 spiro atoms. The maximum absolute atomic E-state index is 12.7. The van der Waals surface area contributed by atoms with Gasteiger partial charge >= 0.3 is 0 Å². The van der Waals surface area contributed by atoms with Gasteiger partial charge in [0.25, 0.3) is 5.19 Å². The van der Waals surface area contributed by atoms with Crippen molar-refractivity contribution < 1.29 is 9.13 Å². The second-order valence-corrected chi connectivity index (χ2v) is 5.20. The normalized spacial score (nSPS) is 14.7. The number of halogens is 1. The first kappa shape index (κ1) is 11.6. The number of nitrogens with zero attached hydrogens (tertiary/aromatic N) is 2. The molecule has 18 heavy (non-hydrogen) atoms. The molecular weight excluding hydrogens is 253 g/mol. The molecule has 0 aliphatic heterocycles. The number of hydrogen-bond donors (Lipinski definition) is 1. The zero-order valence-electron chi connectivity index (χ0n) is 9.60. The van der Waals surface area contributed by atoms with Gasteiger partial charge in [-0.05, 0) is 37.1 Å². The van der Waals surface area contributed by atoms with Crippen molar-refractivity contribution in [1.82, 2.24) is 15.5 Å². The van der Waals surface area contributed by atoms with Gasteiger partial charge in [-0.15, -0.1) is 5.10 Å². The van der Waals surface area contributed by atoms with Crippen molar-refractivity contribution >= 4 is 11.3 Å². The first-order chi connectivity index (χ1) is 8.79. The van der Waals surface area contributed by atoms with Crippen LogP contribution in [0.3, 0.4) is 0 Å². The maximum Gasteiger partial charge on any atom is 0.299 e. The number of nitrogens with one attached hydrogen (secondary N) is 1. The molecule has 1 heterocycles. The first-order valence-corrected chi connectivity index (χ1v) is 6.60. The van der Waals surface area contributed by atoms with Gasteiger partial charge in [0.15, 0.2) is 0 Å². The molecule has 94 valence electrons. The minimum atomic E-state index is -0.283. The third-order valence-corrected chi connectivity index (χ3v) is 3.39. The van der Waals surface area contributed by atoms with E-state index in [1.165, 1.54) is 36.3 Å². The van der Waals surface area contributed by atoms with Crippen LogP contribution in [0.15, 0.2) is 24.3 Å². The van der Waals surface area contributed by atoms with Crippen molar-refractivity contribution in [2.24, 2.45) is 0 Å². The molecule has 3 rings (SSSR count). The fourth-order valence-corrected chi connectivity index (χ4v) is 2.13. The Morgan fingerprint density at radius 1 is 1.28 bits per heavy atom. The van der Waals surface area contributed by atoms with Crippen LogP contribution in [0.2, 0.25) is 0 Å². The Morgan fingerprint density at radius 2 is 2.06 bits per heavy atom.